The van der Waals surface area contributed by atoms with Gasteiger partial charge in [-0.3, -0.25) is 9.69 Å². The van der Waals surface area contributed by atoms with Crippen LogP contribution < -0.4 is 5.32 Å². The van der Waals surface area contributed by atoms with Gasteiger partial charge in [0.2, 0.25) is 5.91 Å². The normalized spacial score (nSPS) is 15.8. The lowest BCUT2D eigenvalue weighted by Gasteiger charge is -2.28. The Hall–Kier alpha value is -1.56. The van der Waals surface area contributed by atoms with Crippen LogP contribution in [0.25, 0.3) is 0 Å². The molecule has 2 rings (SSSR count). The first kappa shape index (κ1) is 14.8. The summed E-state index contributed by atoms with van der Waals surface area (Å²) in [7, 11) is 0. The Balaban J connectivity index is 1.73. The van der Waals surface area contributed by atoms with Gasteiger partial charge in [-0.15, -0.1) is 0 Å². The Morgan fingerprint density at radius 3 is 2.65 bits per heavy atom. The fourth-order valence-corrected chi connectivity index (χ4v) is 2.34. The summed E-state index contributed by atoms with van der Waals surface area (Å²) in [6.07, 6.45) is -4.91. The number of halogens is 3. The summed E-state index contributed by atoms with van der Waals surface area (Å²) in [4.78, 5) is 13.2. The van der Waals surface area contributed by atoms with Crippen molar-refractivity contribution in [2.75, 3.05) is 19.6 Å². The monoisotopic (exact) mass is 286 g/mol. The van der Waals surface area contributed by atoms with Crippen molar-refractivity contribution in [3.05, 3.63) is 35.4 Å². The number of fused-ring (bicyclic) bond motifs is 1. The minimum absolute atomic E-state index is 0.247. The quantitative estimate of drug-likeness (QED) is 0.919. The number of nitrogens with one attached hydrogen (secondary N) is 1. The maximum atomic E-state index is 12.0. The first-order valence-corrected chi connectivity index (χ1v) is 6.56. The smallest absolute Gasteiger partial charge is 0.355 e. The largest absolute Gasteiger partial charge is 0.397 e. The average molecular weight is 286 g/mol. The Kier molecular flexibility index (Phi) is 4.65. The zero-order chi connectivity index (χ0) is 14.6. The van der Waals surface area contributed by atoms with Gasteiger partial charge in [-0.1, -0.05) is 24.3 Å². The van der Waals surface area contributed by atoms with E-state index in [1.54, 1.807) is 0 Å². The van der Waals surface area contributed by atoms with Crippen LogP contribution in [0.4, 0.5) is 13.2 Å². The molecule has 1 N–H and O–H groups in total. The van der Waals surface area contributed by atoms with E-state index < -0.39 is 18.5 Å². The predicted octanol–water partition coefficient (Wildman–Crippen LogP) is 2.11. The van der Waals surface area contributed by atoms with Gasteiger partial charge in [-0.25, -0.2) is 0 Å². The van der Waals surface area contributed by atoms with E-state index in [-0.39, 0.29) is 6.54 Å². The van der Waals surface area contributed by atoms with Crippen molar-refractivity contribution in [2.45, 2.75) is 25.6 Å². The number of alkyl halides is 3. The topological polar surface area (TPSA) is 32.3 Å². The van der Waals surface area contributed by atoms with Gasteiger partial charge in [0.25, 0.3) is 0 Å². The number of carbonyl (C=O) groups is 1. The number of rotatable bonds is 4. The Morgan fingerprint density at radius 2 is 1.95 bits per heavy atom. The van der Waals surface area contributed by atoms with Gasteiger partial charge in [0, 0.05) is 26.2 Å². The first-order valence-electron chi connectivity index (χ1n) is 6.56. The lowest BCUT2D eigenvalue weighted by molar-refractivity contribution is -0.153. The highest BCUT2D eigenvalue weighted by molar-refractivity contribution is 5.76. The first-order chi connectivity index (χ1) is 9.44. The zero-order valence-corrected chi connectivity index (χ0v) is 11.0. The van der Waals surface area contributed by atoms with Crippen molar-refractivity contribution in [1.82, 2.24) is 10.2 Å². The van der Waals surface area contributed by atoms with E-state index in [0.717, 1.165) is 19.5 Å². The summed E-state index contributed by atoms with van der Waals surface area (Å²) in [5.74, 6) is -0.963. The fraction of sp³-hybridized carbons (Fsp3) is 0.500. The van der Waals surface area contributed by atoms with Gasteiger partial charge in [0.15, 0.2) is 0 Å². The van der Waals surface area contributed by atoms with Gasteiger partial charge in [0.05, 0.1) is 0 Å². The van der Waals surface area contributed by atoms with Crippen molar-refractivity contribution in [1.29, 1.82) is 0 Å². The fourth-order valence-electron chi connectivity index (χ4n) is 2.34. The molecule has 1 aliphatic rings. The van der Waals surface area contributed by atoms with E-state index in [2.05, 4.69) is 22.3 Å². The van der Waals surface area contributed by atoms with Crippen LogP contribution in [0.15, 0.2) is 24.3 Å². The summed E-state index contributed by atoms with van der Waals surface area (Å²) in [5, 5.41) is 2.31. The third-order valence-corrected chi connectivity index (χ3v) is 3.32. The molecule has 0 fully saturated rings. The highest BCUT2D eigenvalue weighted by Crippen LogP contribution is 2.19. The van der Waals surface area contributed by atoms with E-state index in [4.69, 9.17) is 0 Å². The van der Waals surface area contributed by atoms with Crippen LogP contribution in [-0.4, -0.2) is 36.6 Å². The molecule has 0 atom stereocenters. The van der Waals surface area contributed by atoms with Gasteiger partial charge < -0.3 is 5.32 Å². The Morgan fingerprint density at radius 1 is 1.25 bits per heavy atom. The SMILES string of the molecule is O=C(CC(F)(F)F)NCCN1CCc2ccccc2C1. The summed E-state index contributed by atoms with van der Waals surface area (Å²) >= 11 is 0. The number of hydrogen-bond acceptors (Lipinski definition) is 2. The third kappa shape index (κ3) is 4.52. The number of nitrogens with zero attached hydrogens (tertiary/aromatic N) is 1. The highest BCUT2D eigenvalue weighted by Gasteiger charge is 2.30. The number of hydrogen-bond donors (Lipinski definition) is 1. The summed E-state index contributed by atoms with van der Waals surface area (Å²) in [6, 6.07) is 8.14. The van der Waals surface area contributed by atoms with Gasteiger partial charge in [-0.2, -0.15) is 13.2 Å². The minimum atomic E-state index is -4.44. The van der Waals surface area contributed by atoms with E-state index in [1.807, 2.05) is 12.1 Å². The van der Waals surface area contributed by atoms with Crippen LogP contribution >= 0.6 is 0 Å². The van der Waals surface area contributed by atoms with Crippen LogP contribution in [0.5, 0.6) is 0 Å². The molecule has 0 aliphatic carbocycles. The molecule has 0 saturated carbocycles. The molecule has 1 aromatic carbocycles. The molecule has 0 spiro atoms. The number of benzene rings is 1. The molecule has 110 valence electrons. The third-order valence-electron chi connectivity index (χ3n) is 3.32. The van der Waals surface area contributed by atoms with Crippen LogP contribution in [0.2, 0.25) is 0 Å². The molecule has 1 amide bonds. The van der Waals surface area contributed by atoms with Crippen molar-refractivity contribution in [3.63, 3.8) is 0 Å². The van der Waals surface area contributed by atoms with E-state index in [9.17, 15) is 18.0 Å². The van der Waals surface area contributed by atoms with Crippen LogP contribution in [0.1, 0.15) is 17.5 Å². The van der Waals surface area contributed by atoms with Crippen molar-refractivity contribution >= 4 is 5.91 Å². The van der Waals surface area contributed by atoms with Crippen LogP contribution in [-0.2, 0) is 17.8 Å². The van der Waals surface area contributed by atoms with E-state index >= 15 is 0 Å². The highest BCUT2D eigenvalue weighted by atomic mass is 19.4. The minimum Gasteiger partial charge on any atom is -0.355 e. The van der Waals surface area contributed by atoms with E-state index in [1.165, 1.54) is 11.1 Å². The molecular formula is C14H17F3N2O. The van der Waals surface area contributed by atoms with E-state index in [0.29, 0.717) is 6.54 Å². The molecule has 0 radical (unpaired) electrons. The van der Waals surface area contributed by atoms with Crippen molar-refractivity contribution in [2.24, 2.45) is 0 Å². The standard InChI is InChI=1S/C14H17F3N2O/c15-14(16,17)9-13(20)18-6-8-19-7-5-11-3-1-2-4-12(11)10-19/h1-4H,5-10H2,(H,18,20). The molecule has 1 aromatic rings. The molecule has 0 aromatic heterocycles. The summed E-state index contributed by atoms with van der Waals surface area (Å²) in [6.45, 7) is 2.46. The molecule has 20 heavy (non-hydrogen) atoms. The predicted molar refractivity (Wildman–Crippen MR) is 69.1 cm³/mol. The zero-order valence-electron chi connectivity index (χ0n) is 11.0. The van der Waals surface area contributed by atoms with Crippen molar-refractivity contribution < 1.29 is 18.0 Å². The molecule has 0 bridgehead atoms. The molecular weight excluding hydrogens is 269 g/mol. The van der Waals surface area contributed by atoms with Crippen LogP contribution in [0, 0.1) is 0 Å². The maximum Gasteiger partial charge on any atom is 0.397 e. The second-order valence-corrected chi connectivity index (χ2v) is 4.94. The molecule has 1 aliphatic heterocycles. The molecule has 1 heterocycles. The second kappa shape index (κ2) is 6.26. The van der Waals surface area contributed by atoms with Crippen LogP contribution in [0.3, 0.4) is 0 Å². The second-order valence-electron chi connectivity index (χ2n) is 4.94. The van der Waals surface area contributed by atoms with Gasteiger partial charge >= 0.3 is 6.18 Å². The molecule has 3 nitrogen and oxygen atoms in total. The number of amides is 1. The van der Waals surface area contributed by atoms with Gasteiger partial charge in [-0.05, 0) is 17.5 Å². The average Bonchev–Trinajstić information content (AvgIpc) is 2.36. The summed E-state index contributed by atoms with van der Waals surface area (Å²) < 4.78 is 35.9. The molecule has 0 saturated heterocycles. The maximum absolute atomic E-state index is 12.0. The number of carbonyl (C=O) groups excluding carboxylic acids is 1. The van der Waals surface area contributed by atoms with Gasteiger partial charge in [0.1, 0.15) is 6.42 Å². The summed E-state index contributed by atoms with van der Waals surface area (Å²) in [5.41, 5.74) is 2.57. The lowest BCUT2D eigenvalue weighted by atomic mass is 10.00. The molecule has 6 heteroatoms. The lowest BCUT2D eigenvalue weighted by Crippen LogP contribution is -2.38. The van der Waals surface area contributed by atoms with Crippen molar-refractivity contribution in [3.8, 4) is 0 Å². The Labute approximate surface area is 115 Å². The Bertz CT molecular complexity index is 474. The molecule has 0 unspecified atom stereocenters.